The summed E-state index contributed by atoms with van der Waals surface area (Å²) in [6.45, 7) is 2.77. The number of nitrogens with one attached hydrogen (secondary N) is 2. The number of aromatic amines is 1. The van der Waals surface area contributed by atoms with Gasteiger partial charge in [-0.05, 0) is 36.8 Å². The van der Waals surface area contributed by atoms with Gasteiger partial charge in [0, 0.05) is 22.8 Å². The third-order valence-electron chi connectivity index (χ3n) is 3.12. The molecule has 0 bridgehead atoms. The molecule has 0 aliphatic carbocycles. The molecule has 1 heterocycles. The van der Waals surface area contributed by atoms with E-state index in [9.17, 15) is 4.79 Å². The number of H-pyrrole nitrogens is 1. The van der Waals surface area contributed by atoms with E-state index in [-0.39, 0.29) is 12.0 Å². The van der Waals surface area contributed by atoms with Crippen LogP contribution in [0.3, 0.4) is 0 Å². The zero-order valence-electron chi connectivity index (χ0n) is 11.4. The van der Waals surface area contributed by atoms with Gasteiger partial charge in [-0.2, -0.15) is 0 Å². The summed E-state index contributed by atoms with van der Waals surface area (Å²) in [5.41, 5.74) is 2.64. The second kappa shape index (κ2) is 6.72. The van der Waals surface area contributed by atoms with Gasteiger partial charge in [0.05, 0.1) is 7.11 Å². The molecular formula is C15H17BrN2O2. The molecule has 2 N–H and O–H groups in total. The van der Waals surface area contributed by atoms with Crippen LogP contribution < -0.4 is 5.32 Å². The van der Waals surface area contributed by atoms with E-state index < -0.39 is 0 Å². The topological polar surface area (TPSA) is 54.1 Å². The van der Waals surface area contributed by atoms with Gasteiger partial charge >= 0.3 is 5.97 Å². The highest BCUT2D eigenvalue weighted by molar-refractivity contribution is 9.10. The minimum absolute atomic E-state index is 0.230. The summed E-state index contributed by atoms with van der Waals surface area (Å²) in [7, 11) is 1.37. The van der Waals surface area contributed by atoms with Crippen molar-refractivity contribution in [3.8, 4) is 0 Å². The Hall–Kier alpha value is -1.59. The molecule has 2 aromatic rings. The largest absolute Gasteiger partial charge is 0.464 e. The molecule has 1 aromatic carbocycles. The summed E-state index contributed by atoms with van der Waals surface area (Å²) in [6, 6.07) is 12.1. The highest BCUT2D eigenvalue weighted by Crippen LogP contribution is 2.17. The SMILES string of the molecule is COC(=O)c1ccc(CN[C@H](C)c2ccc(Br)cc2)[nH]1. The molecule has 20 heavy (non-hydrogen) atoms. The van der Waals surface area contributed by atoms with E-state index in [1.165, 1.54) is 12.7 Å². The molecule has 0 aliphatic heterocycles. The number of benzene rings is 1. The molecule has 106 valence electrons. The molecule has 5 heteroatoms. The van der Waals surface area contributed by atoms with E-state index >= 15 is 0 Å². The Bertz CT molecular complexity index is 578. The first-order valence-electron chi connectivity index (χ1n) is 6.35. The lowest BCUT2D eigenvalue weighted by atomic mass is 10.1. The maximum Gasteiger partial charge on any atom is 0.354 e. The molecular weight excluding hydrogens is 320 g/mol. The van der Waals surface area contributed by atoms with Gasteiger partial charge in [-0.25, -0.2) is 4.79 Å². The van der Waals surface area contributed by atoms with Crippen LogP contribution >= 0.6 is 15.9 Å². The summed E-state index contributed by atoms with van der Waals surface area (Å²) in [4.78, 5) is 14.4. The number of hydrogen-bond donors (Lipinski definition) is 2. The van der Waals surface area contributed by atoms with Crippen molar-refractivity contribution in [1.29, 1.82) is 0 Å². The van der Waals surface area contributed by atoms with Crippen molar-refractivity contribution in [3.63, 3.8) is 0 Å². The minimum Gasteiger partial charge on any atom is -0.464 e. The highest BCUT2D eigenvalue weighted by Gasteiger charge is 2.09. The Morgan fingerprint density at radius 3 is 2.65 bits per heavy atom. The predicted molar refractivity (Wildman–Crippen MR) is 81.5 cm³/mol. The van der Waals surface area contributed by atoms with Crippen LogP contribution in [0.4, 0.5) is 0 Å². The van der Waals surface area contributed by atoms with Crippen molar-refractivity contribution in [2.45, 2.75) is 19.5 Å². The molecule has 0 saturated heterocycles. The third kappa shape index (κ3) is 3.71. The van der Waals surface area contributed by atoms with Crippen LogP contribution in [0.25, 0.3) is 0 Å². The van der Waals surface area contributed by atoms with Crippen LogP contribution in [0.2, 0.25) is 0 Å². The van der Waals surface area contributed by atoms with E-state index in [1.807, 2.05) is 18.2 Å². The zero-order valence-corrected chi connectivity index (χ0v) is 13.0. The van der Waals surface area contributed by atoms with E-state index in [4.69, 9.17) is 0 Å². The average molecular weight is 337 g/mol. The number of carbonyl (C=O) groups is 1. The monoisotopic (exact) mass is 336 g/mol. The van der Waals surface area contributed by atoms with Gasteiger partial charge in [-0.1, -0.05) is 28.1 Å². The Labute approximate surface area is 126 Å². The Balaban J connectivity index is 1.93. The molecule has 0 spiro atoms. The second-order valence-electron chi connectivity index (χ2n) is 4.54. The van der Waals surface area contributed by atoms with Crippen molar-refractivity contribution in [2.75, 3.05) is 7.11 Å². The minimum atomic E-state index is -0.350. The van der Waals surface area contributed by atoms with Gasteiger partial charge in [0.15, 0.2) is 0 Å². The van der Waals surface area contributed by atoms with Crippen molar-refractivity contribution in [3.05, 3.63) is 57.8 Å². The first-order chi connectivity index (χ1) is 9.60. The van der Waals surface area contributed by atoms with E-state index in [1.54, 1.807) is 6.07 Å². The number of carbonyl (C=O) groups excluding carboxylic acids is 1. The van der Waals surface area contributed by atoms with Gasteiger partial charge in [0.2, 0.25) is 0 Å². The van der Waals surface area contributed by atoms with Crippen molar-refractivity contribution >= 4 is 21.9 Å². The van der Waals surface area contributed by atoms with E-state index in [0.717, 1.165) is 10.2 Å². The van der Waals surface area contributed by atoms with Gasteiger partial charge in [-0.3, -0.25) is 0 Å². The van der Waals surface area contributed by atoms with E-state index in [0.29, 0.717) is 12.2 Å². The molecule has 0 radical (unpaired) electrons. The van der Waals surface area contributed by atoms with Crippen LogP contribution in [0.5, 0.6) is 0 Å². The first-order valence-corrected chi connectivity index (χ1v) is 7.14. The maximum atomic E-state index is 11.3. The summed E-state index contributed by atoms with van der Waals surface area (Å²) < 4.78 is 5.73. The average Bonchev–Trinajstić information content (AvgIpc) is 2.93. The zero-order chi connectivity index (χ0) is 14.5. The smallest absolute Gasteiger partial charge is 0.354 e. The first kappa shape index (κ1) is 14.8. The maximum absolute atomic E-state index is 11.3. The van der Waals surface area contributed by atoms with Crippen molar-refractivity contribution in [1.82, 2.24) is 10.3 Å². The van der Waals surface area contributed by atoms with Gasteiger partial charge in [-0.15, -0.1) is 0 Å². The molecule has 0 aliphatic rings. The summed E-state index contributed by atoms with van der Waals surface area (Å²) >= 11 is 3.42. The number of halogens is 1. The lowest BCUT2D eigenvalue weighted by Crippen LogP contribution is -2.18. The molecule has 4 nitrogen and oxygen atoms in total. The van der Waals surface area contributed by atoms with Crippen LogP contribution in [0, 0.1) is 0 Å². The normalized spacial score (nSPS) is 12.2. The van der Waals surface area contributed by atoms with Crippen LogP contribution in [-0.4, -0.2) is 18.1 Å². The van der Waals surface area contributed by atoms with Crippen LogP contribution in [0.1, 0.15) is 34.7 Å². The van der Waals surface area contributed by atoms with E-state index in [2.05, 4.69) is 50.0 Å². The Kier molecular flexibility index (Phi) is 4.98. The Morgan fingerprint density at radius 2 is 2.00 bits per heavy atom. The molecule has 0 unspecified atom stereocenters. The second-order valence-corrected chi connectivity index (χ2v) is 5.46. The van der Waals surface area contributed by atoms with Gasteiger partial charge in [0.1, 0.15) is 5.69 Å². The number of methoxy groups -OCH3 is 1. The highest BCUT2D eigenvalue weighted by atomic mass is 79.9. The number of esters is 1. The molecule has 1 aromatic heterocycles. The fourth-order valence-corrected chi connectivity index (χ4v) is 2.17. The van der Waals surface area contributed by atoms with Crippen molar-refractivity contribution in [2.24, 2.45) is 0 Å². The summed E-state index contributed by atoms with van der Waals surface area (Å²) in [5.74, 6) is -0.350. The number of rotatable bonds is 5. The quantitative estimate of drug-likeness (QED) is 0.822. The number of hydrogen-bond acceptors (Lipinski definition) is 3. The fraction of sp³-hybridized carbons (Fsp3) is 0.267. The predicted octanol–water partition coefficient (Wildman–Crippen LogP) is 3.41. The van der Waals surface area contributed by atoms with Crippen LogP contribution in [-0.2, 0) is 11.3 Å². The number of ether oxygens (including phenoxy) is 1. The molecule has 2 rings (SSSR count). The lowest BCUT2D eigenvalue weighted by molar-refractivity contribution is 0.0594. The molecule has 0 fully saturated rings. The Morgan fingerprint density at radius 1 is 1.30 bits per heavy atom. The molecule has 0 amide bonds. The van der Waals surface area contributed by atoms with Crippen molar-refractivity contribution < 1.29 is 9.53 Å². The standard InChI is InChI=1S/C15H17BrN2O2/c1-10(11-3-5-12(16)6-4-11)17-9-13-7-8-14(18-13)15(19)20-2/h3-8,10,17-18H,9H2,1-2H3/t10-/m1/s1. The van der Waals surface area contributed by atoms with Crippen LogP contribution in [0.15, 0.2) is 40.9 Å². The van der Waals surface area contributed by atoms with Gasteiger partial charge in [0.25, 0.3) is 0 Å². The third-order valence-corrected chi connectivity index (χ3v) is 3.65. The number of aromatic nitrogens is 1. The van der Waals surface area contributed by atoms with Gasteiger partial charge < -0.3 is 15.0 Å². The lowest BCUT2D eigenvalue weighted by Gasteiger charge is -2.13. The molecule has 1 atom stereocenters. The fourth-order valence-electron chi connectivity index (χ4n) is 1.90. The summed E-state index contributed by atoms with van der Waals surface area (Å²) in [6.07, 6.45) is 0. The molecule has 0 saturated carbocycles. The summed E-state index contributed by atoms with van der Waals surface area (Å²) in [5, 5.41) is 3.41.